The van der Waals surface area contributed by atoms with Crippen molar-refractivity contribution in [3.8, 4) is 0 Å². The fraction of sp³-hybridized carbons (Fsp3) is 0.824. The van der Waals surface area contributed by atoms with Crippen molar-refractivity contribution in [1.82, 2.24) is 0 Å². The minimum absolute atomic E-state index is 0.111. The van der Waals surface area contributed by atoms with Crippen molar-refractivity contribution in [1.29, 1.82) is 0 Å². The Balaban J connectivity index is 1.95. The Labute approximate surface area is 122 Å². The molecule has 0 aromatic heterocycles. The Kier molecular flexibility index (Phi) is 4.90. The molecule has 2 rings (SSSR count). The summed E-state index contributed by atoms with van der Waals surface area (Å²) in [4.78, 5) is 12.1. The summed E-state index contributed by atoms with van der Waals surface area (Å²) in [6, 6.07) is 0. The SMILES string of the molecule is C=CC(C)(CC1CCC2(CCCCC2)O1)C(=O)OCC. The first-order valence-electron chi connectivity index (χ1n) is 8.02. The lowest BCUT2D eigenvalue weighted by atomic mass is 9.82. The topological polar surface area (TPSA) is 35.5 Å². The molecule has 0 amide bonds. The molecule has 2 aliphatic rings. The summed E-state index contributed by atoms with van der Waals surface area (Å²) < 4.78 is 11.5. The summed E-state index contributed by atoms with van der Waals surface area (Å²) >= 11 is 0. The van der Waals surface area contributed by atoms with Crippen LogP contribution in [0.25, 0.3) is 0 Å². The maximum atomic E-state index is 12.1. The van der Waals surface area contributed by atoms with E-state index in [9.17, 15) is 4.79 Å². The summed E-state index contributed by atoms with van der Waals surface area (Å²) in [7, 11) is 0. The van der Waals surface area contributed by atoms with Gasteiger partial charge in [-0.2, -0.15) is 0 Å². The third-order valence-corrected chi connectivity index (χ3v) is 4.95. The molecule has 2 fully saturated rings. The van der Waals surface area contributed by atoms with Gasteiger partial charge in [-0.15, -0.1) is 6.58 Å². The molecule has 3 heteroatoms. The molecule has 2 atom stereocenters. The second-order valence-electron chi connectivity index (χ2n) is 6.57. The van der Waals surface area contributed by atoms with Gasteiger partial charge in [-0.05, 0) is 46.0 Å². The lowest BCUT2D eigenvalue weighted by Gasteiger charge is -2.34. The summed E-state index contributed by atoms with van der Waals surface area (Å²) in [5.41, 5.74) is -0.513. The highest BCUT2D eigenvalue weighted by molar-refractivity contribution is 5.78. The van der Waals surface area contributed by atoms with Gasteiger partial charge in [0, 0.05) is 0 Å². The van der Waals surface area contributed by atoms with Crippen LogP contribution in [0.5, 0.6) is 0 Å². The van der Waals surface area contributed by atoms with Crippen molar-refractivity contribution < 1.29 is 14.3 Å². The number of carbonyl (C=O) groups excluding carboxylic acids is 1. The van der Waals surface area contributed by atoms with Crippen molar-refractivity contribution in [3.63, 3.8) is 0 Å². The average Bonchev–Trinajstić information content (AvgIpc) is 2.82. The van der Waals surface area contributed by atoms with Gasteiger partial charge >= 0.3 is 5.97 Å². The summed E-state index contributed by atoms with van der Waals surface area (Å²) in [6.07, 6.45) is 11.1. The minimum atomic E-state index is -0.624. The first-order chi connectivity index (χ1) is 9.53. The van der Waals surface area contributed by atoms with Crippen LogP contribution in [0.3, 0.4) is 0 Å². The van der Waals surface area contributed by atoms with Gasteiger partial charge in [-0.1, -0.05) is 25.3 Å². The highest BCUT2D eigenvalue weighted by atomic mass is 16.5. The second kappa shape index (κ2) is 6.30. The zero-order chi connectivity index (χ0) is 14.6. The van der Waals surface area contributed by atoms with Gasteiger partial charge in [-0.25, -0.2) is 0 Å². The first-order valence-corrected chi connectivity index (χ1v) is 8.02. The van der Waals surface area contributed by atoms with E-state index >= 15 is 0 Å². The van der Waals surface area contributed by atoms with Crippen molar-refractivity contribution >= 4 is 5.97 Å². The minimum Gasteiger partial charge on any atom is -0.465 e. The Morgan fingerprint density at radius 3 is 2.70 bits per heavy atom. The lowest BCUT2D eigenvalue weighted by molar-refractivity contribution is -0.154. The van der Waals surface area contributed by atoms with Crippen LogP contribution in [0, 0.1) is 5.41 Å². The van der Waals surface area contributed by atoms with Crippen LogP contribution >= 0.6 is 0 Å². The molecule has 0 aromatic carbocycles. The van der Waals surface area contributed by atoms with E-state index in [0.717, 1.165) is 12.8 Å². The molecule has 1 saturated carbocycles. The number of hydrogen-bond donors (Lipinski definition) is 0. The molecular formula is C17H28O3. The first kappa shape index (κ1) is 15.6. The van der Waals surface area contributed by atoms with Gasteiger partial charge in [0.25, 0.3) is 0 Å². The fourth-order valence-electron chi connectivity index (χ4n) is 3.62. The molecule has 20 heavy (non-hydrogen) atoms. The van der Waals surface area contributed by atoms with E-state index in [4.69, 9.17) is 9.47 Å². The molecule has 2 unspecified atom stereocenters. The van der Waals surface area contributed by atoms with Crippen LogP contribution in [0.15, 0.2) is 12.7 Å². The van der Waals surface area contributed by atoms with Crippen molar-refractivity contribution in [2.45, 2.75) is 76.9 Å². The zero-order valence-electron chi connectivity index (χ0n) is 13.0. The van der Waals surface area contributed by atoms with E-state index in [1.807, 2.05) is 13.8 Å². The van der Waals surface area contributed by atoms with E-state index < -0.39 is 5.41 Å². The highest BCUT2D eigenvalue weighted by Crippen LogP contribution is 2.44. The van der Waals surface area contributed by atoms with Crippen molar-refractivity contribution in [3.05, 3.63) is 12.7 Å². The van der Waals surface area contributed by atoms with E-state index in [-0.39, 0.29) is 17.7 Å². The van der Waals surface area contributed by atoms with E-state index in [0.29, 0.717) is 13.0 Å². The predicted octanol–water partition coefficient (Wildman–Crippen LogP) is 4.01. The molecular weight excluding hydrogens is 252 g/mol. The third-order valence-electron chi connectivity index (χ3n) is 4.95. The van der Waals surface area contributed by atoms with Crippen LogP contribution in [-0.2, 0) is 14.3 Å². The van der Waals surface area contributed by atoms with E-state index in [1.165, 1.54) is 32.1 Å². The standard InChI is InChI=1S/C17H28O3/c1-4-16(3,15(18)19-5-2)13-14-9-12-17(20-14)10-7-6-8-11-17/h4,14H,1,5-13H2,2-3H3. The average molecular weight is 280 g/mol. The van der Waals surface area contributed by atoms with Gasteiger partial charge in [-0.3, -0.25) is 4.79 Å². The molecule has 1 heterocycles. The largest absolute Gasteiger partial charge is 0.465 e. The Morgan fingerprint density at radius 1 is 1.40 bits per heavy atom. The molecule has 0 aromatic rings. The number of hydrogen-bond acceptors (Lipinski definition) is 3. The quantitative estimate of drug-likeness (QED) is 0.564. The normalized spacial score (nSPS) is 28.0. The van der Waals surface area contributed by atoms with Crippen molar-refractivity contribution in [2.24, 2.45) is 5.41 Å². The fourth-order valence-corrected chi connectivity index (χ4v) is 3.62. The van der Waals surface area contributed by atoms with E-state index in [2.05, 4.69) is 6.58 Å². The van der Waals surface area contributed by atoms with Crippen LogP contribution in [-0.4, -0.2) is 24.3 Å². The smallest absolute Gasteiger partial charge is 0.315 e. The summed E-state index contributed by atoms with van der Waals surface area (Å²) in [6.45, 7) is 7.99. The van der Waals surface area contributed by atoms with Gasteiger partial charge in [0.15, 0.2) is 0 Å². The number of carbonyl (C=O) groups is 1. The molecule has 114 valence electrons. The molecule has 1 spiro atoms. The Morgan fingerprint density at radius 2 is 2.10 bits per heavy atom. The van der Waals surface area contributed by atoms with Crippen LogP contribution in [0.2, 0.25) is 0 Å². The Hall–Kier alpha value is -0.830. The maximum Gasteiger partial charge on any atom is 0.315 e. The highest BCUT2D eigenvalue weighted by Gasteiger charge is 2.44. The molecule has 3 nitrogen and oxygen atoms in total. The molecule has 0 bridgehead atoms. The molecule has 1 aliphatic carbocycles. The maximum absolute atomic E-state index is 12.1. The predicted molar refractivity (Wildman–Crippen MR) is 79.5 cm³/mol. The lowest BCUT2D eigenvalue weighted by Crippen LogP contribution is -2.35. The number of esters is 1. The van der Waals surface area contributed by atoms with Gasteiger partial charge in [0.05, 0.1) is 23.7 Å². The number of rotatable bonds is 5. The van der Waals surface area contributed by atoms with E-state index in [1.54, 1.807) is 6.08 Å². The van der Waals surface area contributed by atoms with Crippen LogP contribution < -0.4 is 0 Å². The molecule has 1 aliphatic heterocycles. The Bertz CT molecular complexity index is 357. The summed E-state index contributed by atoms with van der Waals surface area (Å²) in [5.74, 6) is -0.178. The van der Waals surface area contributed by atoms with Gasteiger partial charge in [0.2, 0.25) is 0 Å². The van der Waals surface area contributed by atoms with Crippen molar-refractivity contribution in [2.75, 3.05) is 6.61 Å². The second-order valence-corrected chi connectivity index (χ2v) is 6.57. The zero-order valence-corrected chi connectivity index (χ0v) is 13.0. The summed E-state index contributed by atoms with van der Waals surface area (Å²) in [5, 5.41) is 0. The van der Waals surface area contributed by atoms with Gasteiger partial charge in [0.1, 0.15) is 0 Å². The monoisotopic (exact) mass is 280 g/mol. The molecule has 1 saturated heterocycles. The number of ether oxygens (including phenoxy) is 2. The van der Waals surface area contributed by atoms with Gasteiger partial charge < -0.3 is 9.47 Å². The third kappa shape index (κ3) is 3.25. The van der Waals surface area contributed by atoms with Crippen LogP contribution in [0.1, 0.15) is 65.2 Å². The molecule has 0 N–H and O–H groups in total. The van der Waals surface area contributed by atoms with Crippen LogP contribution in [0.4, 0.5) is 0 Å². The molecule has 0 radical (unpaired) electrons.